The second kappa shape index (κ2) is 6.04. The molecule has 0 aliphatic carbocycles. The Morgan fingerprint density at radius 1 is 1.10 bits per heavy atom. The van der Waals surface area contributed by atoms with Crippen molar-refractivity contribution in [2.24, 2.45) is 0 Å². The quantitative estimate of drug-likeness (QED) is 0.941. The molecule has 110 valence electrons. The van der Waals surface area contributed by atoms with E-state index in [1.165, 1.54) is 11.1 Å². The molecule has 21 heavy (non-hydrogen) atoms. The molecule has 1 aliphatic rings. The van der Waals surface area contributed by atoms with Crippen LogP contribution in [0.15, 0.2) is 36.4 Å². The Hall–Kier alpha value is -2.23. The molecule has 4 heteroatoms. The smallest absolute Gasteiger partial charge is 0.239 e. The molecule has 2 N–H and O–H groups in total. The Bertz CT molecular complexity index is 600. The zero-order valence-electron chi connectivity index (χ0n) is 12.4. The number of ether oxygens (including phenoxy) is 1. The van der Waals surface area contributed by atoms with Crippen LogP contribution in [0, 0.1) is 0 Å². The second-order valence-corrected chi connectivity index (χ2v) is 5.25. The lowest BCUT2D eigenvalue weighted by Crippen LogP contribution is -2.27. The molecule has 1 aliphatic heterocycles. The number of pyridine rings is 1. The third-order valence-corrected chi connectivity index (χ3v) is 3.90. The van der Waals surface area contributed by atoms with Crippen molar-refractivity contribution in [3.05, 3.63) is 47.5 Å². The van der Waals surface area contributed by atoms with Crippen LogP contribution in [-0.2, 0) is 12.8 Å². The third-order valence-electron chi connectivity index (χ3n) is 3.90. The van der Waals surface area contributed by atoms with Gasteiger partial charge in [-0.15, -0.1) is 0 Å². The van der Waals surface area contributed by atoms with Crippen LogP contribution in [0.5, 0.6) is 5.88 Å². The van der Waals surface area contributed by atoms with Crippen molar-refractivity contribution < 1.29 is 4.74 Å². The average molecular weight is 283 g/mol. The van der Waals surface area contributed by atoms with Gasteiger partial charge in [0.2, 0.25) is 5.88 Å². The summed E-state index contributed by atoms with van der Waals surface area (Å²) in [6, 6.07) is 12.5. The van der Waals surface area contributed by atoms with Crippen molar-refractivity contribution in [2.75, 3.05) is 30.3 Å². The number of nitrogens with zero attached hydrogens (tertiary/aromatic N) is 2. The summed E-state index contributed by atoms with van der Waals surface area (Å²) >= 11 is 0. The van der Waals surface area contributed by atoms with Crippen molar-refractivity contribution in [1.29, 1.82) is 0 Å². The number of hydrogen-bond acceptors (Lipinski definition) is 4. The highest BCUT2D eigenvalue weighted by Crippen LogP contribution is 2.25. The van der Waals surface area contributed by atoms with Crippen LogP contribution < -0.4 is 15.4 Å². The Labute approximate surface area is 125 Å². The minimum absolute atomic E-state index is 0.539. The van der Waals surface area contributed by atoms with Gasteiger partial charge in [0, 0.05) is 13.1 Å². The summed E-state index contributed by atoms with van der Waals surface area (Å²) in [6.45, 7) is 4.46. The highest BCUT2D eigenvalue weighted by atomic mass is 16.5. The highest BCUT2D eigenvalue weighted by molar-refractivity contribution is 5.55. The summed E-state index contributed by atoms with van der Waals surface area (Å²) < 4.78 is 5.50. The van der Waals surface area contributed by atoms with Gasteiger partial charge in [-0.1, -0.05) is 24.3 Å². The molecule has 0 saturated heterocycles. The molecule has 2 aromatic rings. The van der Waals surface area contributed by atoms with Gasteiger partial charge in [-0.3, -0.25) is 0 Å². The van der Waals surface area contributed by atoms with E-state index in [1.807, 2.05) is 19.1 Å². The zero-order valence-corrected chi connectivity index (χ0v) is 12.4. The van der Waals surface area contributed by atoms with E-state index < -0.39 is 0 Å². The van der Waals surface area contributed by atoms with E-state index in [2.05, 4.69) is 34.1 Å². The Kier molecular flexibility index (Phi) is 3.95. The van der Waals surface area contributed by atoms with Crippen molar-refractivity contribution >= 4 is 11.5 Å². The maximum Gasteiger partial charge on any atom is 0.239 e. The van der Waals surface area contributed by atoms with Crippen LogP contribution in [0.3, 0.4) is 0 Å². The topological polar surface area (TPSA) is 51.4 Å². The fourth-order valence-corrected chi connectivity index (χ4v) is 2.77. The SMILES string of the molecule is CCOc1nc(N2CCc3ccccc3CC2)ccc1N. The number of hydrogen-bond donors (Lipinski definition) is 1. The van der Waals surface area contributed by atoms with Gasteiger partial charge >= 0.3 is 0 Å². The molecular formula is C17H21N3O. The maximum absolute atomic E-state index is 5.90. The predicted molar refractivity (Wildman–Crippen MR) is 85.9 cm³/mol. The Morgan fingerprint density at radius 2 is 1.76 bits per heavy atom. The predicted octanol–water partition coefficient (Wildman–Crippen LogP) is 2.67. The first-order valence-corrected chi connectivity index (χ1v) is 7.49. The molecule has 0 saturated carbocycles. The van der Waals surface area contributed by atoms with Crippen LogP contribution >= 0.6 is 0 Å². The van der Waals surface area contributed by atoms with Gasteiger partial charge in [0.1, 0.15) is 5.82 Å². The normalized spacial score (nSPS) is 14.4. The Morgan fingerprint density at radius 3 is 2.38 bits per heavy atom. The molecule has 3 rings (SSSR count). The first-order valence-electron chi connectivity index (χ1n) is 7.49. The van der Waals surface area contributed by atoms with Gasteiger partial charge in [0.05, 0.1) is 12.3 Å². The number of nitrogen functional groups attached to an aromatic ring is 1. The summed E-state index contributed by atoms with van der Waals surface area (Å²) in [5.74, 6) is 1.48. The van der Waals surface area contributed by atoms with Gasteiger partial charge in [-0.25, -0.2) is 0 Å². The van der Waals surface area contributed by atoms with Crippen molar-refractivity contribution in [2.45, 2.75) is 19.8 Å². The molecule has 0 unspecified atom stereocenters. The van der Waals surface area contributed by atoms with E-state index in [0.717, 1.165) is 31.7 Å². The number of nitrogens with two attached hydrogens (primary N) is 1. The number of aromatic nitrogens is 1. The van der Waals surface area contributed by atoms with Crippen molar-refractivity contribution in [3.63, 3.8) is 0 Å². The zero-order chi connectivity index (χ0) is 14.7. The molecule has 1 aromatic carbocycles. The van der Waals surface area contributed by atoms with E-state index in [-0.39, 0.29) is 0 Å². The number of benzene rings is 1. The molecule has 0 atom stereocenters. The standard InChI is InChI=1S/C17H21N3O/c1-2-21-17-15(18)7-8-16(19-17)20-11-9-13-5-3-4-6-14(13)10-12-20/h3-8H,2,9-12,18H2,1H3. The van der Waals surface area contributed by atoms with Crippen LogP contribution in [0.4, 0.5) is 11.5 Å². The summed E-state index contributed by atoms with van der Waals surface area (Å²) in [6.07, 6.45) is 2.10. The maximum atomic E-state index is 5.90. The molecule has 0 spiro atoms. The second-order valence-electron chi connectivity index (χ2n) is 5.25. The summed E-state index contributed by atoms with van der Waals surface area (Å²) in [5.41, 5.74) is 9.38. The third kappa shape index (κ3) is 2.94. The molecule has 0 fully saturated rings. The Balaban J connectivity index is 1.81. The largest absolute Gasteiger partial charge is 0.476 e. The molecule has 0 amide bonds. The van der Waals surface area contributed by atoms with Crippen LogP contribution in [0.2, 0.25) is 0 Å². The van der Waals surface area contributed by atoms with Gasteiger partial charge in [-0.05, 0) is 43.0 Å². The summed E-state index contributed by atoms with van der Waals surface area (Å²) in [4.78, 5) is 6.88. The lowest BCUT2D eigenvalue weighted by Gasteiger charge is -2.22. The van der Waals surface area contributed by atoms with E-state index in [0.29, 0.717) is 18.2 Å². The highest BCUT2D eigenvalue weighted by Gasteiger charge is 2.16. The molecule has 0 radical (unpaired) electrons. The van der Waals surface area contributed by atoms with Gasteiger partial charge in [0.25, 0.3) is 0 Å². The first-order chi connectivity index (χ1) is 10.3. The average Bonchev–Trinajstić information content (AvgIpc) is 2.72. The number of fused-ring (bicyclic) bond motifs is 1. The lowest BCUT2D eigenvalue weighted by molar-refractivity contribution is 0.329. The van der Waals surface area contributed by atoms with Crippen LogP contribution in [0.25, 0.3) is 0 Å². The van der Waals surface area contributed by atoms with E-state index in [1.54, 1.807) is 0 Å². The van der Waals surface area contributed by atoms with Crippen molar-refractivity contribution in [1.82, 2.24) is 4.98 Å². The van der Waals surface area contributed by atoms with Gasteiger partial charge < -0.3 is 15.4 Å². The molecule has 0 bridgehead atoms. The lowest BCUT2D eigenvalue weighted by atomic mass is 10.0. The molecule has 1 aromatic heterocycles. The number of anilines is 2. The molecule has 2 heterocycles. The van der Waals surface area contributed by atoms with E-state index >= 15 is 0 Å². The summed E-state index contributed by atoms with van der Waals surface area (Å²) in [5, 5.41) is 0. The molecule has 4 nitrogen and oxygen atoms in total. The van der Waals surface area contributed by atoms with Gasteiger partial charge in [-0.2, -0.15) is 4.98 Å². The van der Waals surface area contributed by atoms with Gasteiger partial charge in [0.15, 0.2) is 0 Å². The fourth-order valence-electron chi connectivity index (χ4n) is 2.77. The summed E-state index contributed by atoms with van der Waals surface area (Å²) in [7, 11) is 0. The monoisotopic (exact) mass is 283 g/mol. The molecular weight excluding hydrogens is 262 g/mol. The van der Waals surface area contributed by atoms with E-state index in [9.17, 15) is 0 Å². The van der Waals surface area contributed by atoms with Crippen molar-refractivity contribution in [3.8, 4) is 5.88 Å². The van der Waals surface area contributed by atoms with Crippen LogP contribution in [0.1, 0.15) is 18.1 Å². The van der Waals surface area contributed by atoms with Crippen LogP contribution in [-0.4, -0.2) is 24.7 Å². The van der Waals surface area contributed by atoms with E-state index in [4.69, 9.17) is 10.5 Å². The minimum atomic E-state index is 0.539. The fraction of sp³-hybridized carbons (Fsp3) is 0.353. The minimum Gasteiger partial charge on any atom is -0.476 e. The number of rotatable bonds is 3. The first kappa shape index (κ1) is 13.7.